The molecule has 4 heterocycles. The van der Waals surface area contributed by atoms with Crippen molar-refractivity contribution < 1.29 is 4.39 Å². The van der Waals surface area contributed by atoms with Crippen molar-refractivity contribution in [1.82, 2.24) is 24.6 Å². The third kappa shape index (κ3) is 5.29. The molecule has 1 saturated heterocycles. The summed E-state index contributed by atoms with van der Waals surface area (Å²) in [4.78, 5) is 12.7. The number of nitrogens with one attached hydrogen (secondary N) is 1. The zero-order valence-electron chi connectivity index (χ0n) is 21.0. The number of nitrogens with zero attached hydrogens (tertiary/aromatic N) is 6. The topological polar surface area (TPSA) is 76.2 Å². The number of H-pyrrole nitrogens is 1. The molecule has 0 bridgehead atoms. The van der Waals surface area contributed by atoms with Crippen molar-refractivity contribution in [3.63, 3.8) is 0 Å². The Kier molecular flexibility index (Phi) is 6.73. The Morgan fingerprint density at radius 1 is 1.14 bits per heavy atom. The average Bonchev–Trinajstić information content (AvgIpc) is 3.51. The van der Waals surface area contributed by atoms with Crippen molar-refractivity contribution in [3.05, 3.63) is 88.3 Å². The molecule has 0 atom stereocenters. The quantitative estimate of drug-likeness (QED) is 0.568. The van der Waals surface area contributed by atoms with Crippen LogP contribution >= 0.6 is 0 Å². The number of hydrogen-bond acceptors (Lipinski definition) is 5. The molecule has 37 heavy (non-hydrogen) atoms. The smallest absolute Gasteiger partial charge is 0.137 e. The number of hydrogen-bond donors (Lipinski definition) is 1. The molecule has 190 valence electrons. The number of benzene rings is 1. The second-order valence-electron chi connectivity index (χ2n) is 10.5. The molecule has 0 radical (unpaired) electrons. The number of aromatic amines is 1. The monoisotopic (exact) mass is 497 g/mol. The Bertz CT molecular complexity index is 1450. The van der Waals surface area contributed by atoms with Gasteiger partial charge in [0, 0.05) is 74.7 Å². The predicted octanol–water partition coefficient (Wildman–Crippen LogP) is 2.94. The first-order chi connectivity index (χ1) is 18.1. The molecule has 2 fully saturated rings. The maximum Gasteiger partial charge on any atom is 0.137 e. The summed E-state index contributed by atoms with van der Waals surface area (Å²) in [6, 6.07) is 9.45. The molecule has 7 nitrogen and oxygen atoms in total. The highest BCUT2D eigenvalue weighted by Gasteiger charge is 2.35. The average molecular weight is 498 g/mol. The van der Waals surface area contributed by atoms with E-state index in [1.165, 1.54) is 35.3 Å². The van der Waals surface area contributed by atoms with Crippen LogP contribution in [0.1, 0.15) is 42.4 Å². The van der Waals surface area contributed by atoms with Crippen LogP contribution in [0.5, 0.6) is 0 Å². The number of nitriles is 1. The molecule has 0 spiro atoms. The van der Waals surface area contributed by atoms with Crippen molar-refractivity contribution in [2.24, 2.45) is 10.9 Å². The second-order valence-corrected chi connectivity index (χ2v) is 10.5. The Morgan fingerprint density at radius 2 is 2.00 bits per heavy atom. The highest BCUT2D eigenvalue weighted by molar-refractivity contribution is 5.64. The summed E-state index contributed by atoms with van der Waals surface area (Å²) >= 11 is 0. The number of halogens is 1. The molecule has 3 aliphatic rings. The minimum Gasteiger partial charge on any atom is -0.346 e. The number of piperazine rings is 1. The molecule has 1 N–H and O–H groups in total. The minimum absolute atomic E-state index is 0.331. The Morgan fingerprint density at radius 3 is 2.84 bits per heavy atom. The van der Waals surface area contributed by atoms with Crippen LogP contribution in [-0.2, 0) is 13.1 Å². The Hall–Kier alpha value is -3.54. The lowest BCUT2D eigenvalue weighted by atomic mass is 9.79. The van der Waals surface area contributed by atoms with E-state index >= 15 is 0 Å². The number of rotatable bonds is 6. The lowest BCUT2D eigenvalue weighted by molar-refractivity contribution is 0.0252. The minimum atomic E-state index is -0.331. The highest BCUT2D eigenvalue weighted by atomic mass is 19.1. The SMILES string of the molecule is N#Cc1cc(F)cc(CN2CCN(C3CC(Cn4cc(C5=c6cc[nH]c6=NC=CCC5)cn4)C3)CC2)c1. The van der Waals surface area contributed by atoms with Crippen LogP contribution in [-0.4, -0.2) is 56.8 Å². The largest absolute Gasteiger partial charge is 0.346 e. The first-order valence-electron chi connectivity index (χ1n) is 13.2. The van der Waals surface area contributed by atoms with E-state index in [1.807, 2.05) is 24.7 Å². The fourth-order valence-corrected chi connectivity index (χ4v) is 5.96. The molecule has 1 aliphatic carbocycles. The normalized spacial score (nSPS) is 22.4. The van der Waals surface area contributed by atoms with Crippen molar-refractivity contribution in [2.45, 2.75) is 44.8 Å². The van der Waals surface area contributed by atoms with Crippen molar-refractivity contribution in [2.75, 3.05) is 26.2 Å². The van der Waals surface area contributed by atoms with Gasteiger partial charge in [-0.3, -0.25) is 14.5 Å². The molecule has 8 heteroatoms. The van der Waals surface area contributed by atoms with Gasteiger partial charge in [0.25, 0.3) is 0 Å². The Balaban J connectivity index is 1.00. The van der Waals surface area contributed by atoms with E-state index in [0.717, 1.165) is 56.6 Å². The van der Waals surface area contributed by atoms with Crippen molar-refractivity contribution >= 4 is 5.57 Å². The standard InChI is InChI=1S/C29H32FN7/c30-25-12-21(16-31)11-22(13-25)18-35-7-9-36(10-8-35)26-14-23(15-26)19-37-20-24(17-34-37)27-3-1-2-5-32-29-28(27)4-6-33-29/h2,4-6,11-13,17,20,23,26H,1,3,7-10,14-15,18-19H2,(H,32,33). The fraction of sp³-hybridized carbons (Fsp3) is 0.414. The molecular weight excluding hydrogens is 465 g/mol. The van der Waals surface area contributed by atoms with E-state index in [4.69, 9.17) is 10.4 Å². The van der Waals surface area contributed by atoms with Gasteiger partial charge in [-0.05, 0) is 67.0 Å². The molecule has 0 amide bonds. The maximum atomic E-state index is 13.8. The summed E-state index contributed by atoms with van der Waals surface area (Å²) in [6.07, 6.45) is 14.6. The third-order valence-corrected chi connectivity index (χ3v) is 7.97. The molecule has 0 unspecified atom stereocenters. The molecule has 2 aliphatic heterocycles. The number of allylic oxidation sites excluding steroid dienone is 1. The Labute approximate surface area is 216 Å². The molecule has 3 aromatic rings. The van der Waals surface area contributed by atoms with Gasteiger partial charge >= 0.3 is 0 Å². The summed E-state index contributed by atoms with van der Waals surface area (Å²) in [5, 5.41) is 15.0. The van der Waals surface area contributed by atoms with Crippen LogP contribution in [0.15, 0.2) is 60.1 Å². The third-order valence-electron chi connectivity index (χ3n) is 7.97. The molecule has 1 saturated carbocycles. The predicted molar refractivity (Wildman–Crippen MR) is 139 cm³/mol. The van der Waals surface area contributed by atoms with E-state index < -0.39 is 0 Å². The van der Waals surface area contributed by atoms with E-state index in [1.54, 1.807) is 12.1 Å². The summed E-state index contributed by atoms with van der Waals surface area (Å²) in [5.74, 6) is 0.332. The van der Waals surface area contributed by atoms with E-state index in [2.05, 4.69) is 42.8 Å². The van der Waals surface area contributed by atoms with Crippen LogP contribution in [0, 0.1) is 23.1 Å². The van der Waals surface area contributed by atoms with Crippen LogP contribution in [0.2, 0.25) is 0 Å². The van der Waals surface area contributed by atoms with Crippen LogP contribution in [0.4, 0.5) is 4.39 Å². The van der Waals surface area contributed by atoms with Gasteiger partial charge < -0.3 is 4.98 Å². The first kappa shape index (κ1) is 23.8. The number of fused-ring (bicyclic) bond motifs is 1. The fourth-order valence-electron chi connectivity index (χ4n) is 5.96. The lowest BCUT2D eigenvalue weighted by Crippen LogP contribution is -2.54. The van der Waals surface area contributed by atoms with Gasteiger partial charge in [0.2, 0.25) is 0 Å². The maximum absolute atomic E-state index is 13.8. The summed E-state index contributed by atoms with van der Waals surface area (Å²) in [7, 11) is 0. The van der Waals surface area contributed by atoms with Gasteiger partial charge in [0.05, 0.1) is 17.8 Å². The van der Waals surface area contributed by atoms with Gasteiger partial charge in [-0.2, -0.15) is 10.4 Å². The molecule has 6 rings (SSSR count). The summed E-state index contributed by atoms with van der Waals surface area (Å²) in [5.41, 5.74) is 4.69. The zero-order valence-corrected chi connectivity index (χ0v) is 21.0. The number of aromatic nitrogens is 3. The van der Waals surface area contributed by atoms with Gasteiger partial charge in [0.15, 0.2) is 0 Å². The van der Waals surface area contributed by atoms with Crippen LogP contribution < -0.4 is 10.7 Å². The lowest BCUT2D eigenvalue weighted by Gasteiger charge is -2.46. The van der Waals surface area contributed by atoms with E-state index in [0.29, 0.717) is 24.1 Å². The highest BCUT2D eigenvalue weighted by Crippen LogP contribution is 2.34. The molecule has 2 aromatic heterocycles. The van der Waals surface area contributed by atoms with E-state index in [-0.39, 0.29) is 5.82 Å². The second kappa shape index (κ2) is 10.4. The van der Waals surface area contributed by atoms with Gasteiger partial charge in [-0.1, -0.05) is 6.08 Å². The van der Waals surface area contributed by atoms with Gasteiger partial charge in [-0.15, -0.1) is 0 Å². The molecular formula is C29H32FN7. The van der Waals surface area contributed by atoms with Crippen molar-refractivity contribution in [3.8, 4) is 6.07 Å². The molecule has 1 aromatic carbocycles. The van der Waals surface area contributed by atoms with Gasteiger partial charge in [0.1, 0.15) is 11.3 Å². The van der Waals surface area contributed by atoms with Gasteiger partial charge in [-0.25, -0.2) is 9.38 Å². The van der Waals surface area contributed by atoms with Crippen LogP contribution in [0.3, 0.4) is 0 Å². The first-order valence-corrected chi connectivity index (χ1v) is 13.2. The van der Waals surface area contributed by atoms with E-state index in [9.17, 15) is 4.39 Å². The summed E-state index contributed by atoms with van der Waals surface area (Å²) in [6.45, 7) is 5.70. The van der Waals surface area contributed by atoms with Crippen LogP contribution in [0.25, 0.3) is 5.57 Å². The van der Waals surface area contributed by atoms with Crippen molar-refractivity contribution in [1.29, 1.82) is 5.26 Å². The summed E-state index contributed by atoms with van der Waals surface area (Å²) < 4.78 is 15.9. The zero-order chi connectivity index (χ0) is 25.2.